The molecule has 0 aromatic rings. The van der Waals surface area contributed by atoms with Crippen LogP contribution in [-0.2, 0) is 0 Å². The number of nitrogens with one attached hydrogen (secondary N) is 1. The van der Waals surface area contributed by atoms with E-state index in [1.54, 1.807) is 0 Å². The SMILES string of the molecule is OCC1CC2=C(CNC2)CC1CO. The predicted octanol–water partition coefficient (Wildman–Crippen LogP) is -0.103. The minimum Gasteiger partial charge on any atom is -0.396 e. The molecule has 0 amide bonds. The zero-order valence-electron chi connectivity index (χ0n) is 7.79. The number of hydrogen-bond donors (Lipinski definition) is 3. The van der Waals surface area contributed by atoms with Gasteiger partial charge in [0.15, 0.2) is 0 Å². The predicted molar refractivity (Wildman–Crippen MR) is 50.3 cm³/mol. The molecule has 0 spiro atoms. The van der Waals surface area contributed by atoms with E-state index < -0.39 is 0 Å². The summed E-state index contributed by atoms with van der Waals surface area (Å²) in [5.41, 5.74) is 2.95. The Hall–Kier alpha value is -0.380. The third kappa shape index (κ3) is 1.64. The Bertz CT molecular complexity index is 203. The van der Waals surface area contributed by atoms with Crippen LogP contribution in [0.1, 0.15) is 12.8 Å². The van der Waals surface area contributed by atoms with Crippen molar-refractivity contribution >= 4 is 0 Å². The van der Waals surface area contributed by atoms with Gasteiger partial charge in [-0.1, -0.05) is 11.1 Å². The van der Waals surface area contributed by atoms with Gasteiger partial charge in [-0.3, -0.25) is 0 Å². The Kier molecular flexibility index (Phi) is 2.67. The topological polar surface area (TPSA) is 52.5 Å². The van der Waals surface area contributed by atoms with Crippen molar-refractivity contribution in [3.8, 4) is 0 Å². The van der Waals surface area contributed by atoms with Gasteiger partial charge in [0.2, 0.25) is 0 Å². The molecule has 2 atom stereocenters. The van der Waals surface area contributed by atoms with E-state index >= 15 is 0 Å². The summed E-state index contributed by atoms with van der Waals surface area (Å²) in [5, 5.41) is 21.6. The van der Waals surface area contributed by atoms with Crippen LogP contribution in [0.25, 0.3) is 0 Å². The molecule has 13 heavy (non-hydrogen) atoms. The molecule has 1 aliphatic heterocycles. The van der Waals surface area contributed by atoms with Gasteiger partial charge < -0.3 is 15.5 Å². The minimum absolute atomic E-state index is 0.210. The zero-order chi connectivity index (χ0) is 9.26. The molecular formula is C10H17NO2. The van der Waals surface area contributed by atoms with Crippen LogP contribution in [0, 0.1) is 11.8 Å². The van der Waals surface area contributed by atoms with Crippen LogP contribution in [0.3, 0.4) is 0 Å². The van der Waals surface area contributed by atoms with E-state index in [2.05, 4.69) is 5.32 Å². The molecule has 2 unspecified atom stereocenters. The monoisotopic (exact) mass is 183 g/mol. The molecule has 1 heterocycles. The maximum atomic E-state index is 9.16. The molecule has 3 nitrogen and oxygen atoms in total. The Labute approximate surface area is 78.5 Å². The van der Waals surface area contributed by atoms with Gasteiger partial charge in [-0.2, -0.15) is 0 Å². The zero-order valence-corrected chi connectivity index (χ0v) is 7.79. The lowest BCUT2D eigenvalue weighted by Crippen LogP contribution is -2.27. The van der Waals surface area contributed by atoms with Crippen molar-refractivity contribution in [1.82, 2.24) is 5.32 Å². The highest BCUT2D eigenvalue weighted by Gasteiger charge is 2.30. The van der Waals surface area contributed by atoms with Crippen molar-refractivity contribution in [1.29, 1.82) is 0 Å². The summed E-state index contributed by atoms with van der Waals surface area (Å²) < 4.78 is 0. The summed E-state index contributed by atoms with van der Waals surface area (Å²) in [4.78, 5) is 0. The molecule has 1 aliphatic carbocycles. The van der Waals surface area contributed by atoms with Crippen molar-refractivity contribution in [2.75, 3.05) is 26.3 Å². The van der Waals surface area contributed by atoms with E-state index in [-0.39, 0.29) is 25.0 Å². The normalized spacial score (nSPS) is 33.7. The Morgan fingerprint density at radius 3 is 1.85 bits per heavy atom. The highest BCUT2D eigenvalue weighted by molar-refractivity contribution is 5.26. The molecule has 3 heteroatoms. The van der Waals surface area contributed by atoms with Gasteiger partial charge in [0.05, 0.1) is 0 Å². The molecular weight excluding hydrogens is 166 g/mol. The van der Waals surface area contributed by atoms with Crippen molar-refractivity contribution in [3.05, 3.63) is 11.1 Å². The third-order valence-corrected chi connectivity index (χ3v) is 3.33. The molecule has 2 rings (SSSR count). The Balaban J connectivity index is 2.10. The van der Waals surface area contributed by atoms with Crippen LogP contribution in [0.15, 0.2) is 11.1 Å². The molecule has 0 aromatic heterocycles. The van der Waals surface area contributed by atoms with Crippen LogP contribution in [0.4, 0.5) is 0 Å². The minimum atomic E-state index is 0.210. The average molecular weight is 183 g/mol. The summed E-state index contributed by atoms with van der Waals surface area (Å²) >= 11 is 0. The van der Waals surface area contributed by atoms with E-state index in [1.807, 2.05) is 0 Å². The van der Waals surface area contributed by atoms with Crippen LogP contribution in [0.5, 0.6) is 0 Å². The van der Waals surface area contributed by atoms with Crippen LogP contribution in [-0.4, -0.2) is 36.5 Å². The quantitative estimate of drug-likeness (QED) is 0.524. The lowest BCUT2D eigenvalue weighted by molar-refractivity contribution is 0.113. The molecule has 3 N–H and O–H groups in total. The first-order valence-corrected chi connectivity index (χ1v) is 4.97. The summed E-state index contributed by atoms with van der Waals surface area (Å²) in [6.45, 7) is 2.40. The molecule has 0 saturated heterocycles. The van der Waals surface area contributed by atoms with Gasteiger partial charge in [-0.15, -0.1) is 0 Å². The van der Waals surface area contributed by atoms with Crippen molar-refractivity contribution in [2.24, 2.45) is 11.8 Å². The first-order valence-electron chi connectivity index (χ1n) is 4.97. The number of aliphatic hydroxyl groups is 2. The molecule has 0 aromatic carbocycles. The number of hydrogen-bond acceptors (Lipinski definition) is 3. The molecule has 0 radical (unpaired) electrons. The summed E-state index contributed by atoms with van der Waals surface area (Å²) in [7, 11) is 0. The molecule has 0 fully saturated rings. The van der Waals surface area contributed by atoms with Crippen LogP contribution < -0.4 is 5.32 Å². The molecule has 0 saturated carbocycles. The lowest BCUT2D eigenvalue weighted by Gasteiger charge is -2.29. The Morgan fingerprint density at radius 1 is 1.00 bits per heavy atom. The van der Waals surface area contributed by atoms with Gasteiger partial charge in [0.1, 0.15) is 0 Å². The van der Waals surface area contributed by atoms with Crippen LogP contribution >= 0.6 is 0 Å². The van der Waals surface area contributed by atoms with Gasteiger partial charge in [-0.05, 0) is 24.7 Å². The highest BCUT2D eigenvalue weighted by atomic mass is 16.3. The van der Waals surface area contributed by atoms with E-state index in [0.717, 1.165) is 25.9 Å². The molecule has 74 valence electrons. The smallest absolute Gasteiger partial charge is 0.0465 e. The van der Waals surface area contributed by atoms with E-state index in [1.165, 1.54) is 11.1 Å². The standard InChI is InChI=1S/C10H17NO2/c12-5-9-1-7-3-11-4-8(7)2-10(9)6-13/h9-13H,1-6H2. The van der Waals surface area contributed by atoms with Crippen molar-refractivity contribution < 1.29 is 10.2 Å². The number of rotatable bonds is 2. The van der Waals surface area contributed by atoms with Crippen molar-refractivity contribution in [2.45, 2.75) is 12.8 Å². The van der Waals surface area contributed by atoms with E-state index in [9.17, 15) is 0 Å². The second-order valence-electron chi connectivity index (χ2n) is 4.10. The molecule has 0 bridgehead atoms. The van der Waals surface area contributed by atoms with Crippen molar-refractivity contribution in [3.63, 3.8) is 0 Å². The average Bonchev–Trinajstić information content (AvgIpc) is 2.62. The first-order chi connectivity index (χ1) is 6.35. The van der Waals surface area contributed by atoms with Gasteiger partial charge >= 0.3 is 0 Å². The largest absolute Gasteiger partial charge is 0.396 e. The van der Waals surface area contributed by atoms with Gasteiger partial charge in [0.25, 0.3) is 0 Å². The fraction of sp³-hybridized carbons (Fsp3) is 0.800. The van der Waals surface area contributed by atoms with E-state index in [0.29, 0.717) is 0 Å². The second-order valence-corrected chi connectivity index (χ2v) is 4.10. The maximum absolute atomic E-state index is 9.16. The third-order valence-electron chi connectivity index (χ3n) is 3.33. The van der Waals surface area contributed by atoms with E-state index in [4.69, 9.17) is 10.2 Å². The second kappa shape index (κ2) is 3.78. The summed E-state index contributed by atoms with van der Waals surface area (Å²) in [6, 6.07) is 0. The summed E-state index contributed by atoms with van der Waals surface area (Å²) in [6.07, 6.45) is 1.95. The lowest BCUT2D eigenvalue weighted by atomic mass is 9.77. The fourth-order valence-corrected chi connectivity index (χ4v) is 2.44. The number of aliphatic hydroxyl groups excluding tert-OH is 2. The fourth-order valence-electron chi connectivity index (χ4n) is 2.44. The maximum Gasteiger partial charge on any atom is 0.0465 e. The van der Waals surface area contributed by atoms with Gasteiger partial charge in [-0.25, -0.2) is 0 Å². The van der Waals surface area contributed by atoms with Crippen LogP contribution in [0.2, 0.25) is 0 Å². The van der Waals surface area contributed by atoms with Gasteiger partial charge in [0, 0.05) is 26.3 Å². The Morgan fingerprint density at radius 2 is 1.46 bits per heavy atom. The summed E-state index contributed by atoms with van der Waals surface area (Å²) in [5.74, 6) is 0.562. The molecule has 2 aliphatic rings. The highest BCUT2D eigenvalue weighted by Crippen LogP contribution is 2.35. The first kappa shape index (κ1) is 9.19.